The van der Waals surface area contributed by atoms with Crippen LogP contribution in [0.5, 0.6) is 0 Å². The van der Waals surface area contributed by atoms with E-state index in [1.807, 2.05) is 0 Å². The first-order chi connectivity index (χ1) is 6.47. The number of nitrogens with one attached hydrogen (secondary N) is 1. The van der Waals surface area contributed by atoms with E-state index in [-0.39, 0.29) is 12.1 Å². The predicted octanol–water partition coefficient (Wildman–Crippen LogP) is 0.0529. The van der Waals surface area contributed by atoms with Gasteiger partial charge >= 0.3 is 0 Å². The van der Waals surface area contributed by atoms with Gasteiger partial charge in [0.1, 0.15) is 0 Å². The number of rotatable bonds is 1. The van der Waals surface area contributed by atoms with E-state index >= 15 is 0 Å². The predicted molar refractivity (Wildman–Crippen MR) is 56.3 cm³/mol. The summed E-state index contributed by atoms with van der Waals surface area (Å²) in [6, 6.07) is 0.142. The molecule has 1 aliphatic heterocycles. The van der Waals surface area contributed by atoms with Gasteiger partial charge in [-0.2, -0.15) is 8.42 Å². The van der Waals surface area contributed by atoms with Crippen LogP contribution < -0.4 is 5.32 Å². The second-order valence-electron chi connectivity index (χ2n) is 3.72. The summed E-state index contributed by atoms with van der Waals surface area (Å²) in [6.07, 6.45) is 1.59. The quantitative estimate of drug-likeness (QED) is 0.444. The number of nitrogens with zero attached hydrogens (tertiary/aromatic N) is 1. The molecule has 80 valence electrons. The van der Waals surface area contributed by atoms with Crippen molar-refractivity contribution < 1.29 is 13.0 Å². The molecule has 0 spiro atoms. The second-order valence-corrected chi connectivity index (χ2v) is 5.84. The van der Waals surface area contributed by atoms with Crippen LogP contribution in [0.3, 0.4) is 0 Å². The Morgan fingerprint density at radius 3 is 2.86 bits per heavy atom. The molecule has 2 N–H and O–H groups in total. The summed E-state index contributed by atoms with van der Waals surface area (Å²) >= 11 is 4.08. The summed E-state index contributed by atoms with van der Waals surface area (Å²) < 4.78 is 30.8. The first kappa shape index (κ1) is 10.3. The third-order valence-electron chi connectivity index (χ3n) is 2.79. The first-order valence-electron chi connectivity index (χ1n) is 4.46. The molecule has 0 radical (unpaired) electrons. The van der Waals surface area contributed by atoms with Crippen LogP contribution in [-0.4, -0.2) is 35.5 Å². The fourth-order valence-corrected chi connectivity index (χ4v) is 3.24. The van der Waals surface area contributed by atoms with E-state index < -0.39 is 15.4 Å². The van der Waals surface area contributed by atoms with E-state index in [9.17, 15) is 8.42 Å². The molecule has 0 bridgehead atoms. The molecule has 0 aromatic carbocycles. The lowest BCUT2D eigenvalue weighted by Crippen LogP contribution is -2.42. The molecule has 0 aromatic heterocycles. The average Bonchev–Trinajstić information content (AvgIpc) is 2.41. The number of hydrogen-bond donors (Lipinski definition) is 3. The van der Waals surface area contributed by atoms with Gasteiger partial charge in [-0.15, -0.1) is 12.6 Å². The molecule has 0 saturated heterocycles. The fourth-order valence-electron chi connectivity index (χ4n) is 2.05. The minimum atomic E-state index is -3.90. The Morgan fingerprint density at radius 1 is 1.50 bits per heavy atom. The van der Waals surface area contributed by atoms with Crippen molar-refractivity contribution in [3.8, 4) is 0 Å². The molecule has 3 atom stereocenters. The second kappa shape index (κ2) is 3.39. The van der Waals surface area contributed by atoms with E-state index in [2.05, 4.69) is 22.9 Å². The first-order valence-corrected chi connectivity index (χ1v) is 6.41. The fraction of sp³-hybridized carbons (Fsp3) is 0.857. The van der Waals surface area contributed by atoms with Gasteiger partial charge in [-0.05, 0) is 19.3 Å². The van der Waals surface area contributed by atoms with Crippen molar-refractivity contribution in [1.82, 2.24) is 5.32 Å². The summed E-state index contributed by atoms with van der Waals surface area (Å²) in [4.78, 5) is 4.17. The minimum Gasteiger partial charge on any atom is -0.360 e. The molecule has 1 fully saturated rings. The lowest BCUT2D eigenvalue weighted by atomic mass is 9.91. The Hall–Kier alpha value is -0.270. The molecular formula is C7H12N2O3S2. The van der Waals surface area contributed by atoms with Crippen molar-refractivity contribution in [2.24, 2.45) is 4.99 Å². The smallest absolute Gasteiger partial charge is 0.267 e. The van der Waals surface area contributed by atoms with E-state index in [0.29, 0.717) is 24.4 Å². The topological polar surface area (TPSA) is 78.8 Å². The standard InChI is InChI=1S/C7H12N2O3S2/c10-14(11,12)4-1-2-5-6(3-4)9-7(13)8-5/h4-6H,1-3H2,(H2,8,9,13)(H,10,11,12). The molecule has 0 aromatic rings. The molecule has 0 amide bonds. The van der Waals surface area contributed by atoms with E-state index in [1.165, 1.54) is 0 Å². The van der Waals surface area contributed by atoms with Crippen LogP contribution in [0.15, 0.2) is 4.99 Å². The van der Waals surface area contributed by atoms with Crippen LogP contribution >= 0.6 is 12.6 Å². The zero-order chi connectivity index (χ0) is 10.3. The highest BCUT2D eigenvalue weighted by atomic mass is 32.2. The van der Waals surface area contributed by atoms with Gasteiger partial charge in [0.25, 0.3) is 10.1 Å². The monoisotopic (exact) mass is 236 g/mol. The molecule has 7 heteroatoms. The largest absolute Gasteiger partial charge is 0.360 e. The molecule has 2 aliphatic rings. The normalized spacial score (nSPS) is 37.3. The van der Waals surface area contributed by atoms with Crippen molar-refractivity contribution in [3.05, 3.63) is 0 Å². The third kappa shape index (κ3) is 1.89. The van der Waals surface area contributed by atoms with Crippen LogP contribution in [0.25, 0.3) is 0 Å². The van der Waals surface area contributed by atoms with Gasteiger partial charge in [-0.1, -0.05) is 0 Å². The minimum absolute atomic E-state index is 0.0526. The number of thiol groups is 1. The van der Waals surface area contributed by atoms with Crippen molar-refractivity contribution in [1.29, 1.82) is 0 Å². The summed E-state index contributed by atoms with van der Waals surface area (Å²) in [5, 5.41) is 2.97. The highest BCUT2D eigenvalue weighted by Gasteiger charge is 2.38. The van der Waals surface area contributed by atoms with Crippen LogP contribution in [0.2, 0.25) is 0 Å². The lowest BCUT2D eigenvalue weighted by molar-refractivity contribution is 0.363. The van der Waals surface area contributed by atoms with E-state index in [4.69, 9.17) is 4.55 Å². The molecule has 1 saturated carbocycles. The van der Waals surface area contributed by atoms with Gasteiger partial charge in [0, 0.05) is 0 Å². The Balaban J connectivity index is 2.11. The molecule has 1 aliphatic carbocycles. The van der Waals surface area contributed by atoms with Crippen molar-refractivity contribution in [2.75, 3.05) is 0 Å². The van der Waals surface area contributed by atoms with Crippen molar-refractivity contribution in [2.45, 2.75) is 36.6 Å². The Kier molecular flexibility index (Phi) is 2.48. The third-order valence-corrected chi connectivity index (χ3v) is 4.31. The van der Waals surface area contributed by atoms with Crippen LogP contribution in [0.4, 0.5) is 0 Å². The maximum atomic E-state index is 10.9. The summed E-state index contributed by atoms with van der Waals surface area (Å²) in [5.74, 6) is 0. The molecule has 3 unspecified atom stereocenters. The molecule has 14 heavy (non-hydrogen) atoms. The van der Waals surface area contributed by atoms with E-state index in [0.717, 1.165) is 0 Å². The SMILES string of the molecule is O=S(=O)(O)C1CCC2NC(S)=NC2C1. The van der Waals surface area contributed by atoms with E-state index in [1.54, 1.807) is 0 Å². The van der Waals surface area contributed by atoms with Gasteiger partial charge in [0.2, 0.25) is 0 Å². The highest BCUT2D eigenvalue weighted by molar-refractivity contribution is 7.96. The Labute approximate surface area is 88.1 Å². The van der Waals surface area contributed by atoms with Crippen molar-refractivity contribution >= 4 is 27.9 Å². The maximum absolute atomic E-state index is 10.9. The maximum Gasteiger partial charge on any atom is 0.267 e. The van der Waals surface area contributed by atoms with Gasteiger partial charge < -0.3 is 5.32 Å². The highest BCUT2D eigenvalue weighted by Crippen LogP contribution is 2.29. The lowest BCUT2D eigenvalue weighted by Gasteiger charge is -2.28. The van der Waals surface area contributed by atoms with Crippen LogP contribution in [0, 0.1) is 0 Å². The molecular weight excluding hydrogens is 224 g/mol. The number of fused-ring (bicyclic) bond motifs is 1. The summed E-state index contributed by atoms with van der Waals surface area (Å²) in [6.45, 7) is 0. The molecule has 2 rings (SSSR count). The number of hydrogen-bond acceptors (Lipinski definition) is 4. The van der Waals surface area contributed by atoms with Gasteiger partial charge in [0.15, 0.2) is 5.17 Å². The van der Waals surface area contributed by atoms with Gasteiger partial charge in [-0.3, -0.25) is 9.55 Å². The average molecular weight is 236 g/mol. The summed E-state index contributed by atoms with van der Waals surface area (Å²) in [5.41, 5.74) is 0. The summed E-state index contributed by atoms with van der Waals surface area (Å²) in [7, 11) is -3.90. The Morgan fingerprint density at radius 2 is 2.21 bits per heavy atom. The van der Waals surface area contributed by atoms with Gasteiger partial charge in [0.05, 0.1) is 17.3 Å². The number of amidine groups is 1. The van der Waals surface area contributed by atoms with Gasteiger partial charge in [-0.25, -0.2) is 0 Å². The molecule has 5 nitrogen and oxygen atoms in total. The van der Waals surface area contributed by atoms with Crippen molar-refractivity contribution in [3.63, 3.8) is 0 Å². The number of aliphatic imine (C=N–C) groups is 1. The zero-order valence-corrected chi connectivity index (χ0v) is 9.13. The molecule has 1 heterocycles. The Bertz CT molecular complexity index is 365. The zero-order valence-electron chi connectivity index (χ0n) is 7.42. The van der Waals surface area contributed by atoms with Crippen LogP contribution in [-0.2, 0) is 10.1 Å². The van der Waals surface area contributed by atoms with Crippen LogP contribution in [0.1, 0.15) is 19.3 Å².